The van der Waals surface area contributed by atoms with E-state index in [1.165, 1.54) is 57.8 Å². The molecule has 0 saturated heterocycles. The summed E-state index contributed by atoms with van der Waals surface area (Å²) in [5.41, 5.74) is 0. The molecule has 0 rings (SSSR count). The van der Waals surface area contributed by atoms with E-state index in [4.69, 9.17) is 18.5 Å². The Balaban J connectivity index is 4.09. The zero-order valence-electron chi connectivity index (χ0n) is 22.6. The maximum Gasteiger partial charge on any atom is 0.472 e. The summed E-state index contributed by atoms with van der Waals surface area (Å²) in [6, 6.07) is 0. The Morgan fingerprint density at radius 3 is 1.88 bits per heavy atom. The number of hydrogen-bond acceptors (Lipinski definition) is 6. The largest absolute Gasteiger partial charge is 0.472 e. The summed E-state index contributed by atoms with van der Waals surface area (Å²) >= 11 is 0. The van der Waals surface area contributed by atoms with Crippen molar-refractivity contribution in [3.8, 4) is 0 Å². The maximum atomic E-state index is 12.1. The molecule has 0 fully saturated rings. The summed E-state index contributed by atoms with van der Waals surface area (Å²) < 4.78 is 33.9. The van der Waals surface area contributed by atoms with Gasteiger partial charge in [-0.05, 0) is 12.8 Å². The highest BCUT2D eigenvalue weighted by atomic mass is 31.2. The van der Waals surface area contributed by atoms with Gasteiger partial charge in [0.2, 0.25) is 0 Å². The van der Waals surface area contributed by atoms with Crippen molar-refractivity contribution >= 4 is 13.8 Å². The van der Waals surface area contributed by atoms with E-state index in [1.54, 1.807) is 0 Å². The van der Waals surface area contributed by atoms with E-state index in [9.17, 15) is 14.3 Å². The van der Waals surface area contributed by atoms with Gasteiger partial charge in [0.05, 0.1) is 34.4 Å². The van der Waals surface area contributed by atoms with Gasteiger partial charge in [-0.1, -0.05) is 78.1 Å². The van der Waals surface area contributed by atoms with E-state index in [2.05, 4.69) is 6.92 Å². The lowest BCUT2D eigenvalue weighted by atomic mass is 10.1. The first-order valence-electron chi connectivity index (χ1n) is 13.3. The molecule has 9 heteroatoms. The standard InChI is InChI=1S/C25H52NO7P/c1-6-8-9-10-11-12-13-14-15-16-17-20-30-22-24(33-25(27)18-7-2)23-32-34(28,29)31-21-19-26(3,4)5/h24H,6-23H2,1-5H3/p+1. The Morgan fingerprint density at radius 2 is 1.35 bits per heavy atom. The maximum absolute atomic E-state index is 12.1. The van der Waals surface area contributed by atoms with E-state index >= 15 is 0 Å². The van der Waals surface area contributed by atoms with Crippen molar-refractivity contribution in [2.75, 3.05) is 54.1 Å². The lowest BCUT2D eigenvalue weighted by Crippen LogP contribution is -2.37. The van der Waals surface area contributed by atoms with Crippen molar-refractivity contribution in [1.29, 1.82) is 0 Å². The quantitative estimate of drug-likeness (QED) is 0.0752. The summed E-state index contributed by atoms with van der Waals surface area (Å²) in [7, 11) is 1.66. The molecule has 0 heterocycles. The van der Waals surface area contributed by atoms with Crippen LogP contribution < -0.4 is 0 Å². The summed E-state index contributed by atoms with van der Waals surface area (Å²) in [6.07, 6.45) is 14.1. The molecule has 0 bridgehead atoms. The molecule has 8 nitrogen and oxygen atoms in total. The zero-order chi connectivity index (χ0) is 25.7. The van der Waals surface area contributed by atoms with Gasteiger partial charge in [0, 0.05) is 13.0 Å². The van der Waals surface area contributed by atoms with Crippen molar-refractivity contribution in [1.82, 2.24) is 0 Å². The minimum Gasteiger partial charge on any atom is -0.457 e. The highest BCUT2D eigenvalue weighted by molar-refractivity contribution is 7.47. The minimum atomic E-state index is -4.22. The highest BCUT2D eigenvalue weighted by Gasteiger charge is 2.26. The van der Waals surface area contributed by atoms with Gasteiger partial charge in [-0.3, -0.25) is 13.8 Å². The third-order valence-electron chi connectivity index (χ3n) is 5.39. The molecule has 204 valence electrons. The summed E-state index contributed by atoms with van der Waals surface area (Å²) in [5, 5.41) is 0. The van der Waals surface area contributed by atoms with Gasteiger partial charge in [-0.2, -0.15) is 0 Å². The second-order valence-electron chi connectivity index (χ2n) is 10.1. The monoisotopic (exact) mass is 510 g/mol. The molecule has 0 amide bonds. The predicted molar refractivity (Wildman–Crippen MR) is 137 cm³/mol. The van der Waals surface area contributed by atoms with Crippen molar-refractivity contribution in [3.05, 3.63) is 0 Å². The van der Waals surface area contributed by atoms with Crippen molar-refractivity contribution in [3.63, 3.8) is 0 Å². The van der Waals surface area contributed by atoms with Crippen LogP contribution in [-0.4, -0.2) is 75.6 Å². The number of phosphoric acid groups is 1. The van der Waals surface area contributed by atoms with Gasteiger partial charge in [0.1, 0.15) is 19.3 Å². The number of unbranched alkanes of at least 4 members (excludes halogenated alkanes) is 10. The molecular weight excluding hydrogens is 457 g/mol. The number of nitrogens with zero attached hydrogens (tertiary/aromatic N) is 1. The molecule has 0 spiro atoms. The minimum absolute atomic E-state index is 0.0902. The Morgan fingerprint density at radius 1 is 0.794 bits per heavy atom. The number of quaternary nitrogens is 1. The smallest absolute Gasteiger partial charge is 0.457 e. The second kappa shape index (κ2) is 20.7. The Hall–Kier alpha value is -0.500. The van der Waals surface area contributed by atoms with E-state index in [0.717, 1.165) is 12.8 Å². The molecule has 2 atom stereocenters. The van der Waals surface area contributed by atoms with Gasteiger partial charge in [-0.15, -0.1) is 0 Å². The number of carbonyl (C=O) groups excluding carboxylic acids is 1. The molecule has 2 unspecified atom stereocenters. The van der Waals surface area contributed by atoms with Crippen molar-refractivity contribution < 1.29 is 37.3 Å². The zero-order valence-corrected chi connectivity index (χ0v) is 23.5. The van der Waals surface area contributed by atoms with Crippen LogP contribution in [-0.2, 0) is 27.9 Å². The number of hydrogen-bond donors (Lipinski definition) is 1. The van der Waals surface area contributed by atoms with E-state index < -0.39 is 13.9 Å². The van der Waals surface area contributed by atoms with E-state index in [-0.39, 0.29) is 32.2 Å². The van der Waals surface area contributed by atoms with Crippen LogP contribution in [0.15, 0.2) is 0 Å². The third-order valence-corrected chi connectivity index (χ3v) is 6.37. The van der Waals surface area contributed by atoms with Gasteiger partial charge in [0.25, 0.3) is 0 Å². The molecular formula is C25H53NO7P+. The molecule has 0 saturated carbocycles. The molecule has 0 aromatic rings. The Labute approximate surface area is 208 Å². The van der Waals surface area contributed by atoms with Crippen LogP contribution in [0.2, 0.25) is 0 Å². The molecule has 0 aliphatic carbocycles. The molecule has 0 aliphatic rings. The molecule has 0 radical (unpaired) electrons. The highest BCUT2D eigenvalue weighted by Crippen LogP contribution is 2.43. The first-order chi connectivity index (χ1) is 16.1. The van der Waals surface area contributed by atoms with Crippen molar-refractivity contribution in [2.45, 2.75) is 103 Å². The lowest BCUT2D eigenvalue weighted by molar-refractivity contribution is -0.870. The van der Waals surface area contributed by atoms with E-state index in [1.807, 2.05) is 28.1 Å². The van der Waals surface area contributed by atoms with Crippen LogP contribution in [0.1, 0.15) is 97.3 Å². The van der Waals surface area contributed by atoms with Crippen LogP contribution in [0.3, 0.4) is 0 Å². The fourth-order valence-corrected chi connectivity index (χ4v) is 4.03. The van der Waals surface area contributed by atoms with Gasteiger partial charge in [-0.25, -0.2) is 4.57 Å². The Kier molecular flexibility index (Phi) is 20.4. The number of ether oxygens (including phenoxy) is 2. The molecule has 1 N–H and O–H groups in total. The van der Waals surface area contributed by atoms with Crippen LogP contribution >= 0.6 is 7.82 Å². The van der Waals surface area contributed by atoms with Crippen molar-refractivity contribution in [2.24, 2.45) is 0 Å². The number of phosphoric ester groups is 1. The SMILES string of the molecule is CCCCCCCCCCCCCOCC(COP(=O)(O)OCC[N+](C)(C)C)OC(=O)CCC. The van der Waals surface area contributed by atoms with Gasteiger partial charge >= 0.3 is 13.8 Å². The van der Waals surface area contributed by atoms with Gasteiger partial charge in [0.15, 0.2) is 0 Å². The third kappa shape index (κ3) is 23.3. The fraction of sp³-hybridized carbons (Fsp3) is 0.960. The first-order valence-corrected chi connectivity index (χ1v) is 14.8. The lowest BCUT2D eigenvalue weighted by Gasteiger charge is -2.24. The molecule has 34 heavy (non-hydrogen) atoms. The number of esters is 1. The van der Waals surface area contributed by atoms with Gasteiger partial charge < -0.3 is 18.9 Å². The summed E-state index contributed by atoms with van der Waals surface area (Å²) in [4.78, 5) is 21.8. The van der Waals surface area contributed by atoms with Crippen LogP contribution in [0.5, 0.6) is 0 Å². The summed E-state index contributed by atoms with van der Waals surface area (Å²) in [6.45, 7) is 5.24. The van der Waals surface area contributed by atoms with Crippen LogP contribution in [0.25, 0.3) is 0 Å². The Bertz CT molecular complexity index is 540. The van der Waals surface area contributed by atoms with Crippen LogP contribution in [0.4, 0.5) is 0 Å². The second-order valence-corrected chi connectivity index (χ2v) is 11.5. The van der Waals surface area contributed by atoms with Crippen LogP contribution in [0, 0.1) is 0 Å². The summed E-state index contributed by atoms with van der Waals surface area (Å²) in [5.74, 6) is -0.367. The molecule has 0 aliphatic heterocycles. The topological polar surface area (TPSA) is 91.3 Å². The normalized spacial score (nSPS) is 14.6. The average Bonchev–Trinajstić information content (AvgIpc) is 2.74. The van der Waals surface area contributed by atoms with E-state index in [0.29, 0.717) is 24.1 Å². The number of likely N-dealkylation sites (N-methyl/N-ethyl adjacent to an activating group) is 1. The predicted octanol–water partition coefficient (Wildman–Crippen LogP) is 5.87. The fourth-order valence-electron chi connectivity index (χ4n) is 3.29. The first kappa shape index (κ1) is 33.5. The number of rotatable bonds is 24. The number of carbonyl (C=O) groups is 1. The molecule has 0 aromatic heterocycles. The average molecular weight is 511 g/mol. The molecule has 0 aromatic carbocycles.